The molecule has 0 aliphatic rings. The Kier molecular flexibility index (Phi) is 6.84. The Morgan fingerprint density at radius 1 is 1.07 bits per heavy atom. The molecule has 0 spiro atoms. The lowest BCUT2D eigenvalue weighted by Gasteiger charge is -2.14. The highest BCUT2D eigenvalue weighted by molar-refractivity contribution is 5.79. The predicted octanol–water partition coefficient (Wildman–Crippen LogP) is 3.46. The number of imidazole rings is 1. The number of nitrogens with zero attached hydrogens (tertiary/aromatic N) is 3. The van der Waals surface area contributed by atoms with Crippen LogP contribution in [0.25, 0.3) is 0 Å². The number of aryl methyl sites for hydroxylation is 2. The summed E-state index contributed by atoms with van der Waals surface area (Å²) in [6.07, 6.45) is 4.74. The van der Waals surface area contributed by atoms with Gasteiger partial charge in [-0.1, -0.05) is 54.1 Å². The fraction of sp³-hybridized carbons (Fsp3) is 0.304. The third kappa shape index (κ3) is 5.46. The number of nitrogens with one attached hydrogen (secondary N) is 2. The monoisotopic (exact) mass is 375 g/mol. The molecule has 1 aromatic heterocycles. The Balaban J connectivity index is 1.49. The largest absolute Gasteiger partial charge is 0.356 e. The summed E-state index contributed by atoms with van der Waals surface area (Å²) in [5.74, 6) is 1.88. The van der Waals surface area contributed by atoms with Gasteiger partial charge in [0.25, 0.3) is 0 Å². The standard InChI is InChI=1S/C23H29N5/c1-18-9-10-21(19(2)15-18)16-27-23(24-3)26-12-11-22-25-13-14-28(22)17-20-7-5-4-6-8-20/h4-10,13-15H,11-12,16-17H2,1-3H3,(H2,24,26,27). The van der Waals surface area contributed by atoms with Gasteiger partial charge in [-0.3, -0.25) is 4.99 Å². The fourth-order valence-electron chi connectivity index (χ4n) is 3.23. The van der Waals surface area contributed by atoms with Gasteiger partial charge < -0.3 is 15.2 Å². The van der Waals surface area contributed by atoms with Crippen LogP contribution in [0.5, 0.6) is 0 Å². The average Bonchev–Trinajstić information content (AvgIpc) is 3.13. The number of guanidine groups is 1. The van der Waals surface area contributed by atoms with Gasteiger partial charge in [-0.15, -0.1) is 0 Å². The summed E-state index contributed by atoms with van der Waals surface area (Å²) in [5.41, 5.74) is 5.15. The van der Waals surface area contributed by atoms with Crippen molar-refractivity contribution >= 4 is 5.96 Å². The van der Waals surface area contributed by atoms with Crippen molar-refractivity contribution < 1.29 is 0 Å². The third-order valence-corrected chi connectivity index (χ3v) is 4.81. The van der Waals surface area contributed by atoms with Gasteiger partial charge in [0, 0.05) is 45.5 Å². The summed E-state index contributed by atoms with van der Waals surface area (Å²) < 4.78 is 2.20. The van der Waals surface area contributed by atoms with Crippen molar-refractivity contribution in [1.82, 2.24) is 20.2 Å². The predicted molar refractivity (Wildman–Crippen MR) is 116 cm³/mol. The van der Waals surface area contributed by atoms with Crippen molar-refractivity contribution in [2.75, 3.05) is 13.6 Å². The highest BCUT2D eigenvalue weighted by Crippen LogP contribution is 2.10. The molecule has 2 aromatic carbocycles. The summed E-state index contributed by atoms with van der Waals surface area (Å²) in [7, 11) is 1.80. The van der Waals surface area contributed by atoms with E-state index < -0.39 is 0 Å². The highest BCUT2D eigenvalue weighted by Gasteiger charge is 2.05. The van der Waals surface area contributed by atoms with Crippen molar-refractivity contribution in [3.05, 3.63) is 89.0 Å². The maximum atomic E-state index is 4.51. The first-order valence-corrected chi connectivity index (χ1v) is 9.70. The number of hydrogen-bond acceptors (Lipinski definition) is 2. The summed E-state index contributed by atoms with van der Waals surface area (Å²) in [6.45, 7) is 6.64. The lowest BCUT2D eigenvalue weighted by atomic mass is 10.1. The number of aromatic nitrogens is 2. The van der Waals surface area contributed by atoms with Crippen LogP contribution < -0.4 is 10.6 Å². The summed E-state index contributed by atoms with van der Waals surface area (Å²) >= 11 is 0. The van der Waals surface area contributed by atoms with E-state index in [0.29, 0.717) is 0 Å². The lowest BCUT2D eigenvalue weighted by molar-refractivity contribution is 0.694. The first kappa shape index (κ1) is 19.7. The van der Waals surface area contributed by atoms with E-state index in [1.807, 2.05) is 18.5 Å². The van der Waals surface area contributed by atoms with Crippen molar-refractivity contribution in [1.29, 1.82) is 0 Å². The van der Waals surface area contributed by atoms with E-state index in [9.17, 15) is 0 Å². The Morgan fingerprint density at radius 2 is 1.89 bits per heavy atom. The van der Waals surface area contributed by atoms with Crippen LogP contribution in [0, 0.1) is 13.8 Å². The number of benzene rings is 2. The zero-order chi connectivity index (χ0) is 19.8. The summed E-state index contributed by atoms with van der Waals surface area (Å²) in [6, 6.07) is 17.0. The second-order valence-corrected chi connectivity index (χ2v) is 6.99. The molecule has 1 heterocycles. The lowest BCUT2D eigenvalue weighted by Crippen LogP contribution is -2.38. The van der Waals surface area contributed by atoms with Crippen LogP contribution >= 0.6 is 0 Å². The smallest absolute Gasteiger partial charge is 0.191 e. The molecule has 0 radical (unpaired) electrons. The van der Waals surface area contributed by atoms with E-state index >= 15 is 0 Å². The van der Waals surface area contributed by atoms with Gasteiger partial charge in [0.15, 0.2) is 5.96 Å². The van der Waals surface area contributed by atoms with Gasteiger partial charge in [0.1, 0.15) is 5.82 Å². The minimum absolute atomic E-state index is 0.758. The average molecular weight is 376 g/mol. The van der Waals surface area contributed by atoms with E-state index in [-0.39, 0.29) is 0 Å². The maximum absolute atomic E-state index is 4.51. The van der Waals surface area contributed by atoms with Crippen molar-refractivity contribution in [3.63, 3.8) is 0 Å². The molecule has 5 nitrogen and oxygen atoms in total. The van der Waals surface area contributed by atoms with Crippen LogP contribution in [0.3, 0.4) is 0 Å². The zero-order valence-corrected chi connectivity index (χ0v) is 16.9. The molecular weight excluding hydrogens is 346 g/mol. The highest BCUT2D eigenvalue weighted by atomic mass is 15.2. The Hall–Kier alpha value is -3.08. The second-order valence-electron chi connectivity index (χ2n) is 6.99. The molecule has 0 bridgehead atoms. The quantitative estimate of drug-likeness (QED) is 0.491. The molecule has 0 atom stereocenters. The minimum atomic E-state index is 0.758. The molecule has 0 saturated carbocycles. The number of rotatable bonds is 7. The molecule has 0 aliphatic carbocycles. The van der Waals surface area contributed by atoms with Crippen LogP contribution in [0.2, 0.25) is 0 Å². The fourth-order valence-corrected chi connectivity index (χ4v) is 3.23. The molecule has 28 heavy (non-hydrogen) atoms. The van der Waals surface area contributed by atoms with Crippen molar-refractivity contribution in [3.8, 4) is 0 Å². The SMILES string of the molecule is CN=C(NCCc1nccn1Cc1ccccc1)NCc1ccc(C)cc1C. The molecule has 0 unspecified atom stereocenters. The van der Waals surface area contributed by atoms with Gasteiger partial charge in [-0.25, -0.2) is 4.98 Å². The van der Waals surface area contributed by atoms with E-state index in [2.05, 4.69) is 81.5 Å². The molecule has 0 saturated heterocycles. The molecule has 3 rings (SSSR count). The van der Waals surface area contributed by atoms with E-state index in [1.54, 1.807) is 7.05 Å². The van der Waals surface area contributed by atoms with Gasteiger partial charge >= 0.3 is 0 Å². The van der Waals surface area contributed by atoms with Gasteiger partial charge in [0.2, 0.25) is 0 Å². The van der Waals surface area contributed by atoms with E-state index in [0.717, 1.165) is 37.8 Å². The molecule has 2 N–H and O–H groups in total. The van der Waals surface area contributed by atoms with Crippen LogP contribution in [0.1, 0.15) is 28.1 Å². The molecule has 0 aliphatic heterocycles. The first-order chi connectivity index (χ1) is 13.7. The normalized spacial score (nSPS) is 11.5. The molecular formula is C23H29N5. The van der Waals surface area contributed by atoms with Gasteiger partial charge in [0.05, 0.1) is 0 Å². The van der Waals surface area contributed by atoms with Crippen LogP contribution in [0.15, 0.2) is 65.9 Å². The topological polar surface area (TPSA) is 54.2 Å². The van der Waals surface area contributed by atoms with Gasteiger partial charge in [-0.05, 0) is 30.5 Å². The van der Waals surface area contributed by atoms with Crippen LogP contribution in [0.4, 0.5) is 0 Å². The molecule has 5 heteroatoms. The second kappa shape index (κ2) is 9.74. The van der Waals surface area contributed by atoms with E-state index in [4.69, 9.17) is 0 Å². The van der Waals surface area contributed by atoms with Crippen LogP contribution in [-0.4, -0.2) is 29.1 Å². The molecule has 3 aromatic rings. The third-order valence-electron chi connectivity index (χ3n) is 4.81. The number of aliphatic imine (C=N–C) groups is 1. The van der Waals surface area contributed by atoms with Gasteiger partial charge in [-0.2, -0.15) is 0 Å². The van der Waals surface area contributed by atoms with Crippen LogP contribution in [-0.2, 0) is 19.5 Å². The Bertz CT molecular complexity index is 912. The van der Waals surface area contributed by atoms with E-state index in [1.165, 1.54) is 22.3 Å². The zero-order valence-electron chi connectivity index (χ0n) is 16.9. The maximum Gasteiger partial charge on any atom is 0.191 e. The first-order valence-electron chi connectivity index (χ1n) is 9.70. The van der Waals surface area contributed by atoms with Crippen molar-refractivity contribution in [2.24, 2.45) is 4.99 Å². The molecule has 0 fully saturated rings. The Labute approximate surface area is 167 Å². The number of hydrogen-bond donors (Lipinski definition) is 2. The molecule has 146 valence electrons. The minimum Gasteiger partial charge on any atom is -0.356 e. The summed E-state index contributed by atoms with van der Waals surface area (Å²) in [5, 5.41) is 6.78. The van der Waals surface area contributed by atoms with Crippen molar-refractivity contribution in [2.45, 2.75) is 33.4 Å². The Morgan fingerprint density at radius 3 is 2.64 bits per heavy atom. The summed E-state index contributed by atoms with van der Waals surface area (Å²) in [4.78, 5) is 8.84. The molecule has 0 amide bonds.